The third kappa shape index (κ3) is 6.63. The molecule has 0 fully saturated rings. The van der Waals surface area contributed by atoms with Gasteiger partial charge in [-0.05, 0) is 84.9 Å². The quantitative estimate of drug-likeness (QED) is 0.210. The Kier molecular flexibility index (Phi) is 8.65. The summed E-state index contributed by atoms with van der Waals surface area (Å²) in [5, 5.41) is 19.0. The van der Waals surface area contributed by atoms with E-state index in [-0.39, 0.29) is 23.9 Å². The van der Waals surface area contributed by atoms with Gasteiger partial charge in [-0.3, -0.25) is 15.0 Å². The Balaban J connectivity index is 1.41. The minimum Gasteiger partial charge on any atom is -0.331 e. The normalized spacial score (nSPS) is 13.7. The second kappa shape index (κ2) is 12.7. The molecule has 0 radical (unpaired) electrons. The molecule has 3 N–H and O–H groups in total. The van der Waals surface area contributed by atoms with Gasteiger partial charge in [0.15, 0.2) is 0 Å². The van der Waals surface area contributed by atoms with Crippen molar-refractivity contribution in [2.75, 3.05) is 10.2 Å². The number of carbonyl (C=O) groups excluding carboxylic acids is 2. The summed E-state index contributed by atoms with van der Waals surface area (Å²) in [5.74, 6) is -0.245. The zero-order chi connectivity index (χ0) is 27.9. The highest BCUT2D eigenvalue weighted by molar-refractivity contribution is 9.10. The van der Waals surface area contributed by atoms with Crippen molar-refractivity contribution in [3.05, 3.63) is 106 Å². The van der Waals surface area contributed by atoms with Crippen LogP contribution in [0, 0.1) is 0 Å². The lowest BCUT2D eigenvalue weighted by molar-refractivity contribution is 0.102. The Labute approximate surface area is 241 Å². The molecule has 40 heavy (non-hydrogen) atoms. The first-order valence-electron chi connectivity index (χ1n) is 13.2. The first-order valence-corrected chi connectivity index (χ1v) is 14.0. The van der Waals surface area contributed by atoms with Crippen LogP contribution in [0.3, 0.4) is 0 Å². The Hall–Kier alpha value is -4.31. The van der Waals surface area contributed by atoms with Gasteiger partial charge in [0.1, 0.15) is 0 Å². The zero-order valence-corrected chi connectivity index (χ0v) is 23.7. The number of aromatic nitrogens is 4. The molecule has 1 unspecified atom stereocenters. The molecule has 10 heteroatoms. The molecule has 3 aromatic carbocycles. The number of amides is 3. The van der Waals surface area contributed by atoms with Crippen molar-refractivity contribution in [2.24, 2.45) is 0 Å². The maximum absolute atomic E-state index is 13.9. The van der Waals surface area contributed by atoms with Gasteiger partial charge in [-0.15, -0.1) is 5.10 Å². The fourth-order valence-electron chi connectivity index (χ4n) is 4.76. The molecule has 4 aromatic rings. The van der Waals surface area contributed by atoms with Gasteiger partial charge in [-0.25, -0.2) is 4.79 Å². The maximum atomic E-state index is 13.9. The Morgan fingerprint density at radius 3 is 2.50 bits per heavy atom. The first kappa shape index (κ1) is 27.3. The van der Waals surface area contributed by atoms with Gasteiger partial charge in [-0.2, -0.15) is 5.21 Å². The molecule has 0 aliphatic heterocycles. The molecule has 1 atom stereocenters. The van der Waals surface area contributed by atoms with Gasteiger partial charge >= 0.3 is 6.03 Å². The van der Waals surface area contributed by atoms with Crippen molar-refractivity contribution >= 4 is 45.1 Å². The third-order valence-corrected chi connectivity index (χ3v) is 7.44. The topological polar surface area (TPSA) is 116 Å². The van der Waals surface area contributed by atoms with E-state index in [1.165, 1.54) is 12.0 Å². The summed E-state index contributed by atoms with van der Waals surface area (Å²) < 4.78 is 0.987. The molecule has 0 saturated heterocycles. The summed E-state index contributed by atoms with van der Waals surface area (Å²) in [4.78, 5) is 28.2. The molecule has 1 aliphatic carbocycles. The summed E-state index contributed by atoms with van der Waals surface area (Å²) in [7, 11) is 0. The Bertz CT molecular complexity index is 1490. The number of halogens is 1. The number of para-hydroxylation sites is 1. The number of aromatic amines is 1. The summed E-state index contributed by atoms with van der Waals surface area (Å²) in [5.41, 5.74) is 5.54. The van der Waals surface area contributed by atoms with Gasteiger partial charge in [0.2, 0.25) is 0 Å². The first-order chi connectivity index (χ1) is 19.5. The van der Waals surface area contributed by atoms with Crippen LogP contribution in [-0.4, -0.2) is 32.6 Å². The van der Waals surface area contributed by atoms with Crippen LogP contribution in [0.1, 0.15) is 65.7 Å². The molecular weight excluding hydrogens is 570 g/mol. The third-order valence-electron chi connectivity index (χ3n) is 6.91. The summed E-state index contributed by atoms with van der Waals surface area (Å²) in [6.45, 7) is 2.31. The van der Waals surface area contributed by atoms with Gasteiger partial charge in [0.25, 0.3) is 11.9 Å². The fourth-order valence-corrected chi connectivity index (χ4v) is 5.02. The number of rotatable bonds is 8. The van der Waals surface area contributed by atoms with Gasteiger partial charge in [-0.1, -0.05) is 69.6 Å². The highest BCUT2D eigenvalue weighted by Crippen LogP contribution is 2.34. The summed E-state index contributed by atoms with van der Waals surface area (Å²) in [6.07, 6.45) is 6.66. The van der Waals surface area contributed by atoms with E-state index in [9.17, 15) is 9.59 Å². The number of hydrogen-bond donors (Lipinski definition) is 3. The van der Waals surface area contributed by atoms with E-state index < -0.39 is 0 Å². The van der Waals surface area contributed by atoms with Crippen LogP contribution < -0.4 is 15.5 Å². The second-order valence-electron chi connectivity index (χ2n) is 9.69. The van der Waals surface area contributed by atoms with E-state index >= 15 is 0 Å². The van der Waals surface area contributed by atoms with E-state index in [0.29, 0.717) is 12.1 Å². The Morgan fingerprint density at radius 2 is 1.80 bits per heavy atom. The molecule has 1 heterocycles. The predicted molar refractivity (Wildman–Crippen MR) is 159 cm³/mol. The zero-order valence-electron chi connectivity index (χ0n) is 22.1. The van der Waals surface area contributed by atoms with Crippen LogP contribution in [0.15, 0.2) is 83.3 Å². The lowest BCUT2D eigenvalue weighted by Crippen LogP contribution is -2.41. The van der Waals surface area contributed by atoms with Crippen molar-refractivity contribution < 1.29 is 9.59 Å². The monoisotopic (exact) mass is 599 g/mol. The number of anilines is 2. The average molecular weight is 601 g/mol. The molecule has 9 nitrogen and oxygen atoms in total. The summed E-state index contributed by atoms with van der Waals surface area (Å²) >= 11 is 3.47. The highest BCUT2D eigenvalue weighted by atomic mass is 79.9. The number of urea groups is 1. The molecular formula is C30H30BrN7O2. The van der Waals surface area contributed by atoms with Crippen molar-refractivity contribution in [3.63, 3.8) is 0 Å². The Morgan fingerprint density at radius 1 is 1.02 bits per heavy atom. The largest absolute Gasteiger partial charge is 0.331 e. The standard InChI is InChI=1S/C30H30BrN7O2/c1-20(22-15-17-25(31)18-16-22)32-30(40)38(27-10-6-5-9-26(27)23-7-3-2-4-8-23)19-21-11-13-24(14-12-21)28(39)33-29-34-36-37-35-29/h5-7,9-18,20H,2-4,8,19H2,1H3,(H,32,40)(H2,33,34,35,36,37,39). The molecule has 5 rings (SSSR count). The molecule has 1 aromatic heterocycles. The minimum absolute atomic E-state index is 0.102. The van der Waals surface area contributed by atoms with Crippen molar-refractivity contribution in [1.82, 2.24) is 25.9 Å². The number of H-pyrrole nitrogens is 1. The maximum Gasteiger partial charge on any atom is 0.322 e. The van der Waals surface area contributed by atoms with Crippen LogP contribution in [0.5, 0.6) is 0 Å². The number of allylic oxidation sites excluding steroid dienone is 2. The molecule has 0 bridgehead atoms. The van der Waals surface area contributed by atoms with E-state index in [2.05, 4.69) is 59.3 Å². The highest BCUT2D eigenvalue weighted by Gasteiger charge is 2.23. The van der Waals surface area contributed by atoms with Crippen LogP contribution in [0.25, 0.3) is 5.57 Å². The fraction of sp³-hybridized carbons (Fsp3) is 0.233. The lowest BCUT2D eigenvalue weighted by Gasteiger charge is -2.29. The minimum atomic E-state index is -0.347. The van der Waals surface area contributed by atoms with Crippen LogP contribution in [0.4, 0.5) is 16.4 Å². The van der Waals surface area contributed by atoms with E-state index in [1.54, 1.807) is 17.0 Å². The number of carbonyl (C=O) groups is 2. The number of tetrazole rings is 1. The van der Waals surface area contributed by atoms with E-state index in [0.717, 1.165) is 46.1 Å². The number of hydrogen-bond acceptors (Lipinski definition) is 5. The van der Waals surface area contributed by atoms with Crippen molar-refractivity contribution in [3.8, 4) is 0 Å². The van der Waals surface area contributed by atoms with Crippen LogP contribution in [-0.2, 0) is 6.54 Å². The number of benzene rings is 3. The number of nitrogens with one attached hydrogen (secondary N) is 3. The van der Waals surface area contributed by atoms with E-state index in [1.807, 2.05) is 61.5 Å². The molecule has 204 valence electrons. The number of nitrogens with zero attached hydrogens (tertiary/aromatic N) is 4. The average Bonchev–Trinajstić information content (AvgIpc) is 3.50. The van der Waals surface area contributed by atoms with E-state index in [4.69, 9.17) is 0 Å². The van der Waals surface area contributed by atoms with Crippen LogP contribution >= 0.6 is 15.9 Å². The van der Waals surface area contributed by atoms with Crippen LogP contribution in [0.2, 0.25) is 0 Å². The van der Waals surface area contributed by atoms with Gasteiger partial charge < -0.3 is 5.32 Å². The molecule has 3 amide bonds. The van der Waals surface area contributed by atoms with Crippen molar-refractivity contribution in [2.45, 2.75) is 45.2 Å². The molecule has 0 spiro atoms. The second-order valence-corrected chi connectivity index (χ2v) is 10.6. The SMILES string of the molecule is CC(NC(=O)N(Cc1ccc(C(=O)Nc2nn[nH]n2)cc1)c1ccccc1C1=CCCCC1)c1ccc(Br)cc1. The van der Waals surface area contributed by atoms with Gasteiger partial charge in [0, 0.05) is 15.6 Å². The molecule has 1 aliphatic rings. The lowest BCUT2D eigenvalue weighted by atomic mass is 9.92. The predicted octanol–water partition coefficient (Wildman–Crippen LogP) is 6.65. The van der Waals surface area contributed by atoms with Crippen molar-refractivity contribution in [1.29, 1.82) is 0 Å². The smallest absolute Gasteiger partial charge is 0.322 e. The molecule has 0 saturated carbocycles. The van der Waals surface area contributed by atoms with Gasteiger partial charge in [0.05, 0.1) is 18.3 Å². The summed E-state index contributed by atoms with van der Waals surface area (Å²) in [6, 6.07) is 22.8.